The van der Waals surface area contributed by atoms with Crippen LogP contribution in [-0.4, -0.2) is 49.6 Å². The van der Waals surface area contributed by atoms with Crippen molar-refractivity contribution in [2.75, 3.05) is 18.0 Å². The fourth-order valence-corrected chi connectivity index (χ4v) is 4.37. The van der Waals surface area contributed by atoms with Crippen molar-refractivity contribution in [2.45, 2.75) is 6.54 Å². The molecule has 4 aromatic rings. The van der Waals surface area contributed by atoms with Crippen LogP contribution in [0.15, 0.2) is 47.0 Å². The number of carbonyl (C=O) groups excluding carboxylic acids is 1. The van der Waals surface area contributed by atoms with E-state index >= 15 is 0 Å². The van der Waals surface area contributed by atoms with Gasteiger partial charge in [0.25, 0.3) is 0 Å². The van der Waals surface area contributed by atoms with E-state index in [0.717, 1.165) is 12.3 Å². The average Bonchev–Trinajstić information content (AvgIpc) is 3.33. The Morgan fingerprint density at radius 3 is 2.69 bits per heavy atom. The van der Waals surface area contributed by atoms with Crippen LogP contribution in [0.3, 0.4) is 0 Å². The standard InChI is InChI=1S/C22H16F2N6O4S/c23-14-2-1-3-25-16(14)7-27-20(32)11-8-29(9-11)19-15(24)6-12-17(31)13(21(33)34)10-30(18(12)28-19)22-26-4-5-35-22/h1-6,10-11H,7-9H2,(H,27,32)(H,33,34). The third-order valence-electron chi connectivity index (χ3n) is 5.59. The minimum absolute atomic E-state index is 0.0462. The van der Waals surface area contributed by atoms with Crippen LogP contribution in [0.4, 0.5) is 14.6 Å². The van der Waals surface area contributed by atoms with Crippen molar-refractivity contribution in [1.82, 2.24) is 24.8 Å². The van der Waals surface area contributed by atoms with E-state index in [1.165, 1.54) is 45.3 Å². The van der Waals surface area contributed by atoms with Crippen molar-refractivity contribution in [1.29, 1.82) is 0 Å². The molecule has 0 bridgehead atoms. The lowest BCUT2D eigenvalue weighted by molar-refractivity contribution is -0.125. The summed E-state index contributed by atoms with van der Waals surface area (Å²) in [4.78, 5) is 50.5. The number of amides is 1. The van der Waals surface area contributed by atoms with Crippen molar-refractivity contribution >= 4 is 40.1 Å². The van der Waals surface area contributed by atoms with Crippen LogP contribution in [0.25, 0.3) is 16.2 Å². The highest BCUT2D eigenvalue weighted by Crippen LogP contribution is 2.29. The molecule has 13 heteroatoms. The van der Waals surface area contributed by atoms with E-state index in [-0.39, 0.29) is 48.1 Å². The number of hydrogen-bond acceptors (Lipinski definition) is 8. The Balaban J connectivity index is 1.40. The lowest BCUT2D eigenvalue weighted by Gasteiger charge is -2.39. The van der Waals surface area contributed by atoms with Gasteiger partial charge >= 0.3 is 5.97 Å². The predicted octanol–water partition coefficient (Wildman–Crippen LogP) is 1.97. The lowest BCUT2D eigenvalue weighted by atomic mass is 9.99. The Kier molecular flexibility index (Phi) is 5.68. The summed E-state index contributed by atoms with van der Waals surface area (Å²) < 4.78 is 30.0. The second-order valence-electron chi connectivity index (χ2n) is 7.78. The first-order chi connectivity index (χ1) is 16.8. The third kappa shape index (κ3) is 4.10. The molecule has 1 amide bonds. The van der Waals surface area contributed by atoms with Crippen molar-refractivity contribution in [2.24, 2.45) is 5.92 Å². The van der Waals surface area contributed by atoms with Crippen LogP contribution < -0.4 is 15.6 Å². The van der Waals surface area contributed by atoms with Gasteiger partial charge in [0, 0.05) is 37.1 Å². The number of halogens is 2. The van der Waals surface area contributed by atoms with Crippen molar-refractivity contribution in [3.05, 3.63) is 75.3 Å². The van der Waals surface area contributed by atoms with Gasteiger partial charge in [-0.2, -0.15) is 0 Å². The second kappa shape index (κ2) is 8.83. The Morgan fingerprint density at radius 2 is 2.00 bits per heavy atom. The Morgan fingerprint density at radius 1 is 1.20 bits per heavy atom. The highest BCUT2D eigenvalue weighted by molar-refractivity contribution is 7.12. The molecule has 1 aliphatic heterocycles. The maximum Gasteiger partial charge on any atom is 0.341 e. The third-order valence-corrected chi connectivity index (χ3v) is 6.36. The van der Waals surface area contributed by atoms with Gasteiger partial charge in [-0.1, -0.05) is 0 Å². The molecule has 0 unspecified atom stereocenters. The van der Waals surface area contributed by atoms with Gasteiger partial charge in [-0.3, -0.25) is 19.1 Å². The molecule has 0 aromatic carbocycles. The Labute approximate surface area is 199 Å². The monoisotopic (exact) mass is 498 g/mol. The number of rotatable bonds is 6. The normalized spacial score (nSPS) is 13.6. The maximum atomic E-state index is 15.0. The molecule has 2 N–H and O–H groups in total. The molecule has 5 rings (SSSR count). The molecule has 1 fully saturated rings. The van der Waals surface area contributed by atoms with E-state index in [0.29, 0.717) is 5.13 Å². The number of aromatic nitrogens is 4. The first-order valence-corrected chi connectivity index (χ1v) is 11.2. The van der Waals surface area contributed by atoms with E-state index in [2.05, 4.69) is 20.3 Å². The number of pyridine rings is 3. The summed E-state index contributed by atoms with van der Waals surface area (Å²) in [7, 11) is 0. The van der Waals surface area contributed by atoms with E-state index in [9.17, 15) is 28.3 Å². The second-order valence-corrected chi connectivity index (χ2v) is 8.65. The molecule has 0 aliphatic carbocycles. The zero-order chi connectivity index (χ0) is 24.7. The van der Waals surface area contributed by atoms with E-state index in [1.54, 1.807) is 5.38 Å². The molecule has 0 spiro atoms. The highest BCUT2D eigenvalue weighted by Gasteiger charge is 2.35. The molecule has 178 valence electrons. The minimum atomic E-state index is -1.45. The number of hydrogen-bond donors (Lipinski definition) is 2. The van der Waals surface area contributed by atoms with Gasteiger partial charge in [-0.15, -0.1) is 11.3 Å². The fraction of sp³-hybridized carbons (Fsp3) is 0.182. The van der Waals surface area contributed by atoms with E-state index in [4.69, 9.17) is 0 Å². The van der Waals surface area contributed by atoms with Gasteiger partial charge in [0.05, 0.1) is 23.5 Å². The van der Waals surface area contributed by atoms with Crippen LogP contribution in [-0.2, 0) is 11.3 Å². The molecular weight excluding hydrogens is 482 g/mol. The number of aromatic carboxylic acids is 1. The first kappa shape index (κ1) is 22.5. The number of nitrogens with one attached hydrogen (secondary N) is 1. The summed E-state index contributed by atoms with van der Waals surface area (Å²) in [5.41, 5.74) is -1.24. The molecule has 5 heterocycles. The summed E-state index contributed by atoms with van der Waals surface area (Å²) in [6, 6.07) is 3.65. The number of thiazole rings is 1. The first-order valence-electron chi connectivity index (χ1n) is 10.3. The number of carbonyl (C=O) groups is 2. The summed E-state index contributed by atoms with van der Waals surface area (Å²) in [5.74, 6) is -3.69. The van der Waals surface area contributed by atoms with E-state index < -0.39 is 34.5 Å². The summed E-state index contributed by atoms with van der Waals surface area (Å²) >= 11 is 1.19. The summed E-state index contributed by atoms with van der Waals surface area (Å²) in [6.07, 6.45) is 4.04. The topological polar surface area (TPSA) is 130 Å². The Bertz CT molecular complexity index is 1520. The minimum Gasteiger partial charge on any atom is -0.477 e. The molecule has 0 atom stereocenters. The number of nitrogens with zero attached hydrogens (tertiary/aromatic N) is 5. The molecule has 35 heavy (non-hydrogen) atoms. The van der Waals surface area contributed by atoms with Crippen LogP contribution in [0.1, 0.15) is 16.1 Å². The zero-order valence-corrected chi connectivity index (χ0v) is 18.6. The van der Waals surface area contributed by atoms with Crippen LogP contribution in [0.2, 0.25) is 0 Å². The molecule has 0 saturated carbocycles. The molecular formula is C22H16F2N6O4S. The van der Waals surface area contributed by atoms with Crippen molar-refractivity contribution in [3.8, 4) is 5.13 Å². The zero-order valence-electron chi connectivity index (χ0n) is 17.8. The SMILES string of the molecule is O=C(O)c1cn(-c2nccs2)c2nc(N3CC(C(=O)NCc4ncccc4F)C3)c(F)cc2c1=O. The molecule has 1 saturated heterocycles. The van der Waals surface area contributed by atoms with Crippen LogP contribution in [0, 0.1) is 17.6 Å². The van der Waals surface area contributed by atoms with Crippen LogP contribution in [0.5, 0.6) is 0 Å². The number of carboxylic acid groups (broad SMARTS) is 1. The number of anilines is 1. The number of carboxylic acids is 1. The molecule has 10 nitrogen and oxygen atoms in total. The maximum absolute atomic E-state index is 15.0. The summed E-state index contributed by atoms with van der Waals surface area (Å²) in [5, 5.41) is 13.8. The number of fused-ring (bicyclic) bond motifs is 1. The van der Waals surface area contributed by atoms with Gasteiger partial charge in [0.2, 0.25) is 11.3 Å². The predicted molar refractivity (Wildman–Crippen MR) is 122 cm³/mol. The summed E-state index contributed by atoms with van der Waals surface area (Å²) in [6.45, 7) is 0.234. The van der Waals surface area contributed by atoms with Gasteiger partial charge < -0.3 is 15.3 Å². The fourth-order valence-electron chi connectivity index (χ4n) is 3.75. The quantitative estimate of drug-likeness (QED) is 0.413. The molecule has 0 radical (unpaired) electrons. The van der Waals surface area contributed by atoms with Crippen LogP contribution >= 0.6 is 11.3 Å². The van der Waals surface area contributed by atoms with Gasteiger partial charge in [-0.05, 0) is 18.2 Å². The highest BCUT2D eigenvalue weighted by atomic mass is 32.1. The lowest BCUT2D eigenvalue weighted by Crippen LogP contribution is -2.54. The average molecular weight is 498 g/mol. The largest absolute Gasteiger partial charge is 0.477 e. The van der Waals surface area contributed by atoms with Gasteiger partial charge in [0.15, 0.2) is 22.4 Å². The van der Waals surface area contributed by atoms with E-state index in [1.807, 2.05) is 0 Å². The van der Waals surface area contributed by atoms with Gasteiger partial charge in [-0.25, -0.2) is 23.5 Å². The smallest absolute Gasteiger partial charge is 0.341 e. The molecule has 1 aliphatic rings. The van der Waals surface area contributed by atoms with Crippen molar-refractivity contribution in [3.63, 3.8) is 0 Å². The Hall–Kier alpha value is -4.26. The van der Waals surface area contributed by atoms with Crippen molar-refractivity contribution < 1.29 is 23.5 Å². The molecule has 4 aromatic heterocycles. The van der Waals surface area contributed by atoms with Gasteiger partial charge in [0.1, 0.15) is 11.4 Å².